The van der Waals surface area contributed by atoms with Crippen LogP contribution in [0, 0.1) is 25.2 Å². The number of thioether (sulfide) groups is 1. The van der Waals surface area contributed by atoms with Crippen molar-refractivity contribution in [2.24, 2.45) is 0 Å². The van der Waals surface area contributed by atoms with Crippen LogP contribution in [0.1, 0.15) is 109 Å². The number of ether oxygens (including phenoxy) is 9. The monoisotopic (exact) mass is 912 g/mol. The second-order valence-electron chi connectivity index (χ2n) is 18.7. The molecule has 7 aliphatic rings. The minimum absolute atomic E-state index is 0.0270. The van der Waals surface area contributed by atoms with Gasteiger partial charge in [-0.15, -0.1) is 11.8 Å². The summed E-state index contributed by atoms with van der Waals surface area (Å²) in [5, 5.41) is 14.6. The number of likely N-dealkylation sites (N-methyl/N-ethyl adjacent to an activating group) is 1. The van der Waals surface area contributed by atoms with Gasteiger partial charge in [0, 0.05) is 46.6 Å². The summed E-state index contributed by atoms with van der Waals surface area (Å²) in [5.41, 5.74) is 5.10. The lowest BCUT2D eigenvalue weighted by Crippen LogP contribution is -2.69. The highest BCUT2D eigenvalue weighted by Gasteiger charge is 2.62. The molecule has 0 amide bonds. The van der Waals surface area contributed by atoms with Gasteiger partial charge >= 0.3 is 12.1 Å². The van der Waals surface area contributed by atoms with E-state index < -0.39 is 40.6 Å². The van der Waals surface area contributed by atoms with Crippen LogP contribution in [0.5, 0.6) is 40.2 Å². The Kier molecular flexibility index (Phi) is 12.0. The predicted octanol–water partition coefficient (Wildman–Crippen LogP) is 7.54. The number of nitrogens with zero attached hydrogens (tertiary/aromatic N) is 3. The van der Waals surface area contributed by atoms with Crippen LogP contribution in [0.25, 0.3) is 0 Å². The highest BCUT2D eigenvalue weighted by Crippen LogP contribution is 2.65. The van der Waals surface area contributed by atoms with Gasteiger partial charge in [0.15, 0.2) is 40.0 Å². The quantitative estimate of drug-likeness (QED) is 0.166. The lowest BCUT2D eigenvalue weighted by molar-refractivity contribution is -0.157. The van der Waals surface area contributed by atoms with Crippen molar-refractivity contribution < 1.29 is 52.2 Å². The molecule has 3 aromatic rings. The molecule has 0 saturated carbocycles. The Hall–Kier alpha value is -5.08. The molecule has 7 aliphatic heterocycles. The maximum atomic E-state index is 15.2. The van der Waals surface area contributed by atoms with Gasteiger partial charge in [-0.2, -0.15) is 5.26 Å². The summed E-state index contributed by atoms with van der Waals surface area (Å²) in [7, 11) is 5.31. The Morgan fingerprint density at radius 3 is 2.38 bits per heavy atom. The summed E-state index contributed by atoms with van der Waals surface area (Å²) in [4.78, 5) is 32.8. The first-order valence-corrected chi connectivity index (χ1v) is 23.7. The van der Waals surface area contributed by atoms with Crippen LogP contribution in [0.4, 0.5) is 4.79 Å². The van der Waals surface area contributed by atoms with E-state index >= 15 is 4.79 Å². The second kappa shape index (κ2) is 17.3. The summed E-state index contributed by atoms with van der Waals surface area (Å²) in [6.07, 6.45) is 1.87. The number of nitrogens with one attached hydrogen (secondary N) is 1. The Balaban J connectivity index is 1.27. The number of methoxy groups -OCH3 is 2. The molecule has 0 radical (unpaired) electrons. The average Bonchev–Trinajstić information content (AvgIpc) is 3.76. The lowest BCUT2D eigenvalue weighted by atomic mass is 9.71. The molecule has 0 aliphatic carbocycles. The zero-order chi connectivity index (χ0) is 46.1. The van der Waals surface area contributed by atoms with Crippen molar-refractivity contribution in [3.05, 3.63) is 62.7 Å². The summed E-state index contributed by atoms with van der Waals surface area (Å²) in [6, 6.07) is 6.39. The molecule has 2 fully saturated rings. The average molecular weight is 913 g/mol. The van der Waals surface area contributed by atoms with Crippen LogP contribution in [-0.2, 0) is 32.6 Å². The maximum Gasteiger partial charge on any atom is 0.514 e. The molecule has 7 atom stereocenters. The van der Waals surface area contributed by atoms with Crippen LogP contribution < -0.4 is 38.5 Å². The predicted molar refractivity (Wildman–Crippen MR) is 242 cm³/mol. The van der Waals surface area contributed by atoms with Gasteiger partial charge in [-0.05, 0) is 102 Å². The van der Waals surface area contributed by atoms with Gasteiger partial charge in [0.2, 0.25) is 6.79 Å². The van der Waals surface area contributed by atoms with Crippen LogP contribution >= 0.6 is 11.8 Å². The minimum Gasteiger partial charge on any atom is -0.493 e. The van der Waals surface area contributed by atoms with Gasteiger partial charge in [-0.1, -0.05) is 19.9 Å². The van der Waals surface area contributed by atoms with Gasteiger partial charge in [0.1, 0.15) is 24.0 Å². The summed E-state index contributed by atoms with van der Waals surface area (Å²) >= 11 is 1.63. The molecule has 0 aromatic heterocycles. The highest BCUT2D eigenvalue weighted by molar-refractivity contribution is 7.99. The van der Waals surface area contributed by atoms with Crippen LogP contribution in [0.2, 0.25) is 0 Å². The number of hydrogen-bond acceptors (Lipinski definition) is 16. The molecule has 2 saturated heterocycles. The third-order valence-corrected chi connectivity index (χ3v) is 15.1. The van der Waals surface area contributed by atoms with Crippen molar-refractivity contribution in [2.75, 3.05) is 60.2 Å². The van der Waals surface area contributed by atoms with Crippen molar-refractivity contribution in [1.82, 2.24) is 15.1 Å². The number of rotatable bonds is 9. The van der Waals surface area contributed by atoms with Gasteiger partial charge < -0.3 is 42.6 Å². The Morgan fingerprint density at radius 1 is 0.954 bits per heavy atom. The van der Waals surface area contributed by atoms with E-state index in [0.717, 1.165) is 63.3 Å². The summed E-state index contributed by atoms with van der Waals surface area (Å²) in [6.45, 7) is 14.9. The van der Waals surface area contributed by atoms with Gasteiger partial charge in [-0.25, -0.2) is 9.59 Å². The first-order valence-electron chi connectivity index (χ1n) is 22.7. The number of esters is 1. The maximum absolute atomic E-state index is 15.2. The third kappa shape index (κ3) is 7.28. The van der Waals surface area contributed by atoms with E-state index in [-0.39, 0.29) is 48.8 Å². The Morgan fingerprint density at radius 2 is 1.69 bits per heavy atom. The van der Waals surface area contributed by atoms with Crippen molar-refractivity contribution in [1.29, 1.82) is 5.26 Å². The normalized spacial score (nSPS) is 26.4. The molecule has 1 spiro atoms. The van der Waals surface area contributed by atoms with Gasteiger partial charge in [0.05, 0.1) is 50.8 Å². The van der Waals surface area contributed by atoms with Gasteiger partial charge in [-0.3, -0.25) is 15.1 Å². The van der Waals surface area contributed by atoms with Crippen molar-refractivity contribution in [3.63, 3.8) is 0 Å². The molecule has 1 unspecified atom stereocenters. The number of piperazine rings is 1. The van der Waals surface area contributed by atoms with E-state index in [0.29, 0.717) is 55.4 Å². The second-order valence-corrected chi connectivity index (χ2v) is 19.8. The highest BCUT2D eigenvalue weighted by atomic mass is 32.2. The van der Waals surface area contributed by atoms with Crippen molar-refractivity contribution in [2.45, 2.75) is 121 Å². The number of hydrogen-bond donors (Lipinski definition) is 1. The topological polar surface area (TPSA) is 160 Å². The first kappa shape index (κ1) is 45.1. The molecule has 16 heteroatoms. The number of aryl methyl sites for hydroxylation is 1. The molecule has 4 bridgehead atoms. The number of fused-ring (bicyclic) bond motifs is 9. The fourth-order valence-electron chi connectivity index (χ4n) is 11.1. The molecule has 65 heavy (non-hydrogen) atoms. The number of carbonyl (C=O) groups excluding carboxylic acids is 2. The van der Waals surface area contributed by atoms with E-state index in [1.165, 1.54) is 7.11 Å². The van der Waals surface area contributed by atoms with Crippen molar-refractivity contribution in [3.8, 4) is 46.3 Å². The van der Waals surface area contributed by atoms with E-state index in [1.54, 1.807) is 51.8 Å². The molecule has 15 nitrogen and oxygen atoms in total. The number of carbonyl (C=O) groups is 2. The van der Waals surface area contributed by atoms with E-state index in [2.05, 4.69) is 48.1 Å². The number of nitriles is 1. The minimum atomic E-state index is -1.35. The molecular weight excluding hydrogens is 853 g/mol. The zero-order valence-electron chi connectivity index (χ0n) is 39.0. The van der Waals surface area contributed by atoms with Gasteiger partial charge in [0.25, 0.3) is 0 Å². The third-order valence-electron chi connectivity index (χ3n) is 13.6. The fourth-order valence-corrected chi connectivity index (χ4v) is 12.7. The van der Waals surface area contributed by atoms with Crippen molar-refractivity contribution >= 4 is 23.9 Å². The standard InChI is InChI=1S/C49H60N4O11S/c1-11-15-58-41-26(4)42-44(62-24-61-42)36-32-22-60-46(54)49(29-20-33(56-9)34(19-27(29)13-14-51-49)63-47(55)64-48(5,6)7)23-65-45(37(36)41)39-38-35-28(18-30(52(38)8)31(21-50)53(32)39)17-25(3)40(57-10)43(35)59-16-12-2/h17,19-20,30-32,38-39,45,51H,11-16,18,22-24H2,1-10H3/t30-,31-,32-,38+,39?,45+,49+/m0/s1. The van der Waals surface area contributed by atoms with Crippen LogP contribution in [0.15, 0.2) is 18.2 Å². The zero-order valence-corrected chi connectivity index (χ0v) is 39.8. The largest absolute Gasteiger partial charge is 0.514 e. The SMILES string of the molecule is CCCOc1c(C)c2c(c3c1[C@H]1SC[C@]4(NCCc5cc(OC(=O)OC(C)(C)C)c(OC)cc54)C(=O)OC[C@@H]3N3C1[C@H]1c4c(cc(C)c(OC)c4OCCC)C[C@@H]([C@@H]3C#N)N1C)OCO2. The first-order chi connectivity index (χ1) is 31.2. The Labute approximate surface area is 385 Å². The van der Waals surface area contributed by atoms with Crippen LogP contribution in [0.3, 0.4) is 0 Å². The molecule has 7 heterocycles. The van der Waals surface area contributed by atoms with E-state index in [4.69, 9.17) is 42.6 Å². The molecule has 1 N–H and O–H groups in total. The summed E-state index contributed by atoms with van der Waals surface area (Å²) < 4.78 is 56.0. The lowest BCUT2D eigenvalue weighted by Gasteiger charge is -2.62. The van der Waals surface area contributed by atoms with E-state index in [1.807, 2.05) is 13.8 Å². The van der Waals surface area contributed by atoms with E-state index in [9.17, 15) is 10.1 Å². The Bertz CT molecular complexity index is 2450. The fraction of sp³-hybridized carbons (Fsp3) is 0.571. The molecule has 348 valence electrons. The molecular formula is C49H60N4O11S. The smallest absolute Gasteiger partial charge is 0.493 e. The molecule has 3 aromatic carbocycles. The van der Waals surface area contributed by atoms with Crippen LogP contribution in [-0.4, -0.2) is 106 Å². The summed E-state index contributed by atoms with van der Waals surface area (Å²) in [5.74, 6) is 3.54. The molecule has 10 rings (SSSR count). The number of benzene rings is 3.